The van der Waals surface area contributed by atoms with E-state index in [1.807, 2.05) is 19.9 Å². The van der Waals surface area contributed by atoms with Crippen LogP contribution in [0.25, 0.3) is 0 Å². The molecule has 0 amide bonds. The fraction of sp³-hybridized carbons (Fsp3) is 0.400. The van der Waals surface area contributed by atoms with Crippen LogP contribution < -0.4 is 0 Å². The summed E-state index contributed by atoms with van der Waals surface area (Å²) < 4.78 is 0. The van der Waals surface area contributed by atoms with E-state index in [1.165, 1.54) is 0 Å². The molecule has 0 aliphatic heterocycles. The van der Waals surface area contributed by atoms with Crippen molar-refractivity contribution in [3.63, 3.8) is 0 Å². The zero-order valence-corrected chi connectivity index (χ0v) is 9.28. The highest BCUT2D eigenvalue weighted by atomic mass is 79.9. The van der Waals surface area contributed by atoms with Gasteiger partial charge >= 0.3 is 0 Å². The Kier molecular flexibility index (Phi) is 3.60. The number of pyridine rings is 1. The maximum atomic E-state index is 11.7. The number of halogens is 1. The van der Waals surface area contributed by atoms with Crippen LogP contribution in [0.3, 0.4) is 0 Å². The number of hydrogen-bond donors (Lipinski definition) is 0. The van der Waals surface area contributed by atoms with E-state index in [9.17, 15) is 4.79 Å². The van der Waals surface area contributed by atoms with Crippen LogP contribution in [0.5, 0.6) is 0 Å². The number of alkyl halides is 1. The Bertz CT molecular complexity index is 284. The van der Waals surface area contributed by atoms with Gasteiger partial charge in [0.2, 0.25) is 0 Å². The number of nitrogens with zero attached hydrogens (tertiary/aromatic N) is 1. The van der Waals surface area contributed by atoms with Gasteiger partial charge in [-0.3, -0.25) is 9.78 Å². The van der Waals surface area contributed by atoms with Gasteiger partial charge in [0.1, 0.15) is 5.69 Å². The second-order valence-electron chi connectivity index (χ2n) is 3.23. The first-order valence-corrected chi connectivity index (χ1v) is 5.14. The molecule has 1 aromatic rings. The smallest absolute Gasteiger partial charge is 0.194 e. The first-order chi connectivity index (χ1) is 6.13. The summed E-state index contributed by atoms with van der Waals surface area (Å²) in [5, 5.41) is 0. The van der Waals surface area contributed by atoms with Crippen molar-refractivity contribution in [2.75, 3.05) is 0 Å². The van der Waals surface area contributed by atoms with E-state index >= 15 is 0 Å². The molecular weight excluding hydrogens is 230 g/mol. The van der Waals surface area contributed by atoms with E-state index in [0.717, 1.165) is 0 Å². The molecule has 2 nitrogen and oxygen atoms in total. The number of carbonyl (C=O) groups is 1. The largest absolute Gasteiger partial charge is 0.291 e. The lowest BCUT2D eigenvalue weighted by molar-refractivity contribution is 0.0973. The number of carbonyl (C=O) groups excluding carboxylic acids is 1. The lowest BCUT2D eigenvalue weighted by Gasteiger charge is -2.11. The van der Waals surface area contributed by atoms with Crippen LogP contribution in [-0.2, 0) is 0 Å². The van der Waals surface area contributed by atoms with Crippen LogP contribution in [0.4, 0.5) is 0 Å². The second-order valence-corrected chi connectivity index (χ2v) is 4.21. The van der Waals surface area contributed by atoms with Gasteiger partial charge in [0.25, 0.3) is 0 Å². The van der Waals surface area contributed by atoms with Gasteiger partial charge in [-0.25, -0.2) is 0 Å². The minimum Gasteiger partial charge on any atom is -0.291 e. The van der Waals surface area contributed by atoms with Gasteiger partial charge in [-0.05, 0) is 18.1 Å². The lowest BCUT2D eigenvalue weighted by Crippen LogP contribution is -2.20. The summed E-state index contributed by atoms with van der Waals surface area (Å²) in [5.41, 5.74) is 0.526. The zero-order valence-electron chi connectivity index (χ0n) is 7.70. The molecule has 0 aromatic carbocycles. The molecule has 0 radical (unpaired) electrons. The van der Waals surface area contributed by atoms with Crippen molar-refractivity contribution in [3.8, 4) is 0 Å². The van der Waals surface area contributed by atoms with Crippen molar-refractivity contribution in [2.45, 2.75) is 18.7 Å². The molecule has 1 aromatic heterocycles. The quantitative estimate of drug-likeness (QED) is 0.602. The highest BCUT2D eigenvalue weighted by Gasteiger charge is 2.20. The van der Waals surface area contributed by atoms with E-state index in [-0.39, 0.29) is 16.5 Å². The molecule has 13 heavy (non-hydrogen) atoms. The third-order valence-corrected chi connectivity index (χ3v) is 3.23. The highest BCUT2D eigenvalue weighted by molar-refractivity contribution is 9.10. The Balaban J connectivity index is 2.80. The van der Waals surface area contributed by atoms with E-state index in [4.69, 9.17) is 0 Å². The Morgan fingerprint density at radius 2 is 2.15 bits per heavy atom. The van der Waals surface area contributed by atoms with Crippen LogP contribution in [0.1, 0.15) is 24.3 Å². The predicted octanol–water partition coefficient (Wildman–Crippen LogP) is 2.68. The first kappa shape index (κ1) is 10.4. The third-order valence-electron chi connectivity index (χ3n) is 1.75. The number of rotatable bonds is 3. The maximum Gasteiger partial charge on any atom is 0.194 e. The van der Waals surface area contributed by atoms with Gasteiger partial charge in [0.15, 0.2) is 5.78 Å². The Hall–Kier alpha value is -0.700. The van der Waals surface area contributed by atoms with Crippen LogP contribution >= 0.6 is 15.9 Å². The fourth-order valence-electron chi connectivity index (χ4n) is 0.953. The molecule has 0 bridgehead atoms. The number of ketones is 1. The van der Waals surface area contributed by atoms with E-state index in [2.05, 4.69) is 20.9 Å². The van der Waals surface area contributed by atoms with Gasteiger partial charge in [0, 0.05) is 6.20 Å². The molecule has 1 heterocycles. The summed E-state index contributed by atoms with van der Waals surface area (Å²) in [7, 11) is 0. The Morgan fingerprint density at radius 3 is 2.62 bits per heavy atom. The fourth-order valence-corrected chi connectivity index (χ4v) is 1.19. The van der Waals surface area contributed by atoms with Crippen LogP contribution in [0.2, 0.25) is 0 Å². The maximum absolute atomic E-state index is 11.7. The topological polar surface area (TPSA) is 30.0 Å². The Labute approximate surface area is 86.5 Å². The molecule has 0 N–H and O–H groups in total. The van der Waals surface area contributed by atoms with Crippen LogP contribution in [0.15, 0.2) is 24.4 Å². The first-order valence-electron chi connectivity index (χ1n) is 4.22. The average molecular weight is 242 g/mol. The van der Waals surface area contributed by atoms with Crippen LogP contribution in [0, 0.1) is 5.92 Å². The number of aromatic nitrogens is 1. The summed E-state index contributed by atoms with van der Waals surface area (Å²) in [6, 6.07) is 5.36. The zero-order chi connectivity index (χ0) is 9.84. The number of Topliss-reactive ketones (excluding diaryl/α,β-unsaturated/α-hetero) is 1. The summed E-state index contributed by atoms with van der Waals surface area (Å²) in [5.74, 6) is 0.338. The highest BCUT2D eigenvalue weighted by Crippen LogP contribution is 2.16. The normalized spacial score (nSPS) is 12.9. The molecule has 1 atom stereocenters. The van der Waals surface area contributed by atoms with Crippen molar-refractivity contribution in [2.24, 2.45) is 5.92 Å². The van der Waals surface area contributed by atoms with Crippen molar-refractivity contribution in [3.05, 3.63) is 30.1 Å². The van der Waals surface area contributed by atoms with Crippen molar-refractivity contribution < 1.29 is 4.79 Å². The molecule has 0 fully saturated rings. The minimum absolute atomic E-state index is 0.0515. The molecule has 70 valence electrons. The lowest BCUT2D eigenvalue weighted by atomic mass is 10.0. The monoisotopic (exact) mass is 241 g/mol. The summed E-state index contributed by atoms with van der Waals surface area (Å²) in [6.45, 7) is 4.00. The van der Waals surface area contributed by atoms with Crippen molar-refractivity contribution in [1.29, 1.82) is 0 Å². The van der Waals surface area contributed by atoms with Gasteiger partial charge in [0.05, 0.1) is 4.83 Å². The summed E-state index contributed by atoms with van der Waals surface area (Å²) in [6.07, 6.45) is 1.63. The molecule has 0 saturated heterocycles. The van der Waals surface area contributed by atoms with E-state index in [0.29, 0.717) is 5.69 Å². The summed E-state index contributed by atoms with van der Waals surface area (Å²) in [4.78, 5) is 15.5. The molecule has 1 rings (SSSR count). The van der Waals surface area contributed by atoms with Gasteiger partial charge in [-0.15, -0.1) is 0 Å². The van der Waals surface area contributed by atoms with E-state index in [1.54, 1.807) is 18.3 Å². The molecular formula is C10H12BrNO. The second kappa shape index (κ2) is 4.51. The molecule has 0 spiro atoms. The van der Waals surface area contributed by atoms with Gasteiger partial charge in [-0.2, -0.15) is 0 Å². The van der Waals surface area contributed by atoms with Crippen LogP contribution in [-0.4, -0.2) is 15.6 Å². The molecule has 0 aliphatic rings. The number of hydrogen-bond acceptors (Lipinski definition) is 2. The predicted molar refractivity (Wildman–Crippen MR) is 56.1 cm³/mol. The van der Waals surface area contributed by atoms with Gasteiger partial charge in [-0.1, -0.05) is 35.8 Å². The Morgan fingerprint density at radius 1 is 1.46 bits per heavy atom. The standard InChI is InChI=1S/C10H12BrNO/c1-7(2)9(11)10(13)8-5-3-4-6-12-8/h3-7,9H,1-2H3. The molecule has 0 aliphatic carbocycles. The van der Waals surface area contributed by atoms with Crippen molar-refractivity contribution >= 4 is 21.7 Å². The summed E-state index contributed by atoms with van der Waals surface area (Å²) >= 11 is 3.35. The average Bonchev–Trinajstić information content (AvgIpc) is 2.17. The molecule has 0 saturated carbocycles. The minimum atomic E-state index is -0.137. The van der Waals surface area contributed by atoms with Crippen molar-refractivity contribution in [1.82, 2.24) is 4.98 Å². The molecule has 3 heteroatoms. The third kappa shape index (κ3) is 2.62. The van der Waals surface area contributed by atoms with Gasteiger partial charge < -0.3 is 0 Å². The SMILES string of the molecule is CC(C)C(Br)C(=O)c1ccccn1. The van der Waals surface area contributed by atoms with E-state index < -0.39 is 0 Å². The molecule has 1 unspecified atom stereocenters.